The molecule has 27 heavy (non-hydrogen) atoms. The second-order valence-corrected chi connectivity index (χ2v) is 5.69. The van der Waals surface area contributed by atoms with Crippen LogP contribution < -0.4 is 21.8 Å². The molecule has 2 heterocycles. The van der Waals surface area contributed by atoms with E-state index in [0.717, 1.165) is 4.90 Å². The molecule has 1 aromatic carbocycles. The fourth-order valence-corrected chi connectivity index (χ4v) is 2.46. The van der Waals surface area contributed by atoms with Crippen LogP contribution in [0.2, 0.25) is 5.15 Å². The summed E-state index contributed by atoms with van der Waals surface area (Å²) in [7, 11) is 0. The molecule has 0 radical (unpaired) electrons. The molecule has 0 saturated carbocycles. The first-order valence-electron chi connectivity index (χ1n) is 7.69. The molecule has 1 fully saturated rings. The van der Waals surface area contributed by atoms with Crippen molar-refractivity contribution in [3.05, 3.63) is 41.0 Å². The molecule has 0 aliphatic carbocycles. The van der Waals surface area contributed by atoms with Crippen molar-refractivity contribution >= 4 is 35.0 Å². The topological polar surface area (TPSA) is 138 Å². The minimum absolute atomic E-state index is 0.0365. The van der Waals surface area contributed by atoms with Gasteiger partial charge in [0.2, 0.25) is 12.4 Å². The summed E-state index contributed by atoms with van der Waals surface area (Å²) in [4.78, 5) is 25.4. The van der Waals surface area contributed by atoms with E-state index in [-0.39, 0.29) is 29.2 Å². The van der Waals surface area contributed by atoms with Gasteiger partial charge in [0, 0.05) is 0 Å². The van der Waals surface area contributed by atoms with Gasteiger partial charge in [-0.1, -0.05) is 35.3 Å². The molecule has 12 heteroatoms. The highest BCUT2D eigenvalue weighted by molar-refractivity contribution is 6.32. The van der Waals surface area contributed by atoms with Crippen molar-refractivity contribution < 1.29 is 23.5 Å². The standard InChI is InChI=1S/C15H16ClFN6O4/c16-11-10(18)12(21-14(19)20-11)23(7-17)9-6-25-15(26-9)22-27-13(24)8-4-2-1-3-5-8/h1-5,9,15,22H,6-7,18H2,(H2,19,20,21)/t9-,15-/m1/s1. The van der Waals surface area contributed by atoms with Crippen molar-refractivity contribution in [3.63, 3.8) is 0 Å². The number of benzene rings is 1. The van der Waals surface area contributed by atoms with Gasteiger partial charge in [0.25, 0.3) is 0 Å². The van der Waals surface area contributed by atoms with Gasteiger partial charge in [-0.05, 0) is 12.1 Å². The number of alkyl halides is 1. The normalized spacial score (nSPS) is 19.0. The zero-order valence-corrected chi connectivity index (χ0v) is 14.6. The molecule has 0 unspecified atom stereocenters. The number of carbonyl (C=O) groups is 1. The lowest BCUT2D eigenvalue weighted by Gasteiger charge is -2.26. The quantitative estimate of drug-likeness (QED) is 0.367. The first-order chi connectivity index (χ1) is 13.0. The number of nitrogens with two attached hydrogens (primary N) is 2. The third-order valence-electron chi connectivity index (χ3n) is 3.57. The predicted octanol–water partition coefficient (Wildman–Crippen LogP) is 1.05. The van der Waals surface area contributed by atoms with E-state index < -0.39 is 25.4 Å². The molecule has 0 amide bonds. The first-order valence-corrected chi connectivity index (χ1v) is 8.07. The third kappa shape index (κ3) is 4.34. The number of nitrogens with zero attached hydrogens (tertiary/aromatic N) is 3. The Morgan fingerprint density at radius 3 is 2.81 bits per heavy atom. The molecule has 2 aromatic rings. The number of halogens is 2. The summed E-state index contributed by atoms with van der Waals surface area (Å²) >= 11 is 5.85. The van der Waals surface area contributed by atoms with Gasteiger partial charge in [-0.2, -0.15) is 9.97 Å². The number of hydrogen-bond acceptors (Lipinski definition) is 10. The zero-order chi connectivity index (χ0) is 19.4. The molecule has 10 nitrogen and oxygen atoms in total. The van der Waals surface area contributed by atoms with Crippen LogP contribution in [-0.4, -0.2) is 42.0 Å². The van der Waals surface area contributed by atoms with Crippen LogP contribution in [0.3, 0.4) is 0 Å². The summed E-state index contributed by atoms with van der Waals surface area (Å²) in [6.45, 7) is -1.08. The number of carbonyl (C=O) groups excluding carboxylic acids is 1. The molecule has 1 aliphatic rings. The first kappa shape index (κ1) is 19.0. The smallest absolute Gasteiger partial charge is 0.356 e. The summed E-state index contributed by atoms with van der Waals surface area (Å²) in [5.74, 6) is -0.841. The third-order valence-corrected chi connectivity index (χ3v) is 3.86. The Kier molecular flexibility index (Phi) is 5.86. The summed E-state index contributed by atoms with van der Waals surface area (Å²) in [6.07, 6.45) is -2.04. The Hall–Kier alpha value is -2.73. The molecule has 3 rings (SSSR count). The predicted molar refractivity (Wildman–Crippen MR) is 93.9 cm³/mol. The molecule has 5 N–H and O–H groups in total. The molecule has 144 valence electrons. The van der Waals surface area contributed by atoms with Crippen molar-refractivity contribution in [2.45, 2.75) is 12.6 Å². The van der Waals surface area contributed by atoms with Gasteiger partial charge in [-0.25, -0.2) is 9.18 Å². The van der Waals surface area contributed by atoms with Gasteiger partial charge < -0.3 is 25.8 Å². The Morgan fingerprint density at radius 1 is 1.37 bits per heavy atom. The molecular formula is C15H16ClFN6O4. The average Bonchev–Trinajstić information content (AvgIpc) is 3.13. The van der Waals surface area contributed by atoms with Crippen LogP contribution in [-0.2, 0) is 14.3 Å². The van der Waals surface area contributed by atoms with E-state index in [1.165, 1.54) is 0 Å². The minimum atomic E-state index is -1.12. The van der Waals surface area contributed by atoms with Gasteiger partial charge in [-0.15, -0.1) is 0 Å². The molecule has 1 aromatic heterocycles. The molecule has 0 spiro atoms. The molecule has 0 bridgehead atoms. The SMILES string of the molecule is Nc1nc(Cl)c(N)c(N(CF)[C@H]2CO[C@@H](NOC(=O)c3ccccc3)O2)n1. The molecule has 1 aliphatic heterocycles. The van der Waals surface area contributed by atoms with Crippen molar-refractivity contribution in [3.8, 4) is 0 Å². The fourth-order valence-electron chi connectivity index (χ4n) is 2.29. The van der Waals surface area contributed by atoms with E-state index in [9.17, 15) is 9.18 Å². The summed E-state index contributed by atoms with van der Waals surface area (Å²) in [5.41, 5.74) is 13.9. The summed E-state index contributed by atoms with van der Waals surface area (Å²) in [6, 6.07) is 8.32. The number of rotatable bonds is 6. The number of ether oxygens (including phenoxy) is 2. The number of hydroxylamine groups is 1. The highest BCUT2D eigenvalue weighted by atomic mass is 35.5. The number of hydrogen-bond donors (Lipinski definition) is 3. The monoisotopic (exact) mass is 398 g/mol. The highest BCUT2D eigenvalue weighted by Gasteiger charge is 2.34. The van der Waals surface area contributed by atoms with E-state index in [0.29, 0.717) is 5.56 Å². The fraction of sp³-hybridized carbons (Fsp3) is 0.267. The van der Waals surface area contributed by atoms with E-state index in [4.69, 9.17) is 37.4 Å². The highest BCUT2D eigenvalue weighted by Crippen LogP contribution is 2.30. The van der Waals surface area contributed by atoms with E-state index in [2.05, 4.69) is 15.4 Å². The molecule has 1 saturated heterocycles. The number of nitrogen functional groups attached to an aromatic ring is 2. The maximum Gasteiger partial charge on any atom is 0.356 e. The number of anilines is 3. The lowest BCUT2D eigenvalue weighted by atomic mass is 10.2. The maximum atomic E-state index is 13.6. The maximum absolute atomic E-state index is 13.6. The van der Waals surface area contributed by atoms with Crippen molar-refractivity contribution in [1.29, 1.82) is 0 Å². The molecular weight excluding hydrogens is 383 g/mol. The zero-order valence-electron chi connectivity index (χ0n) is 13.8. The minimum Gasteiger partial charge on any atom is -0.393 e. The van der Waals surface area contributed by atoms with Gasteiger partial charge in [0.15, 0.2) is 24.0 Å². The largest absolute Gasteiger partial charge is 0.393 e. The van der Waals surface area contributed by atoms with Crippen LogP contribution in [0.4, 0.5) is 21.8 Å². The lowest BCUT2D eigenvalue weighted by Crippen LogP contribution is -2.40. The van der Waals surface area contributed by atoms with Gasteiger partial charge in [0.1, 0.15) is 5.69 Å². The van der Waals surface area contributed by atoms with Gasteiger partial charge in [-0.3, -0.25) is 4.90 Å². The number of nitrogens with one attached hydrogen (secondary N) is 1. The van der Waals surface area contributed by atoms with Crippen LogP contribution in [0.15, 0.2) is 30.3 Å². The average molecular weight is 399 g/mol. The van der Waals surface area contributed by atoms with Crippen LogP contribution >= 0.6 is 11.6 Å². The van der Waals surface area contributed by atoms with E-state index in [1.54, 1.807) is 30.3 Å². The second kappa shape index (κ2) is 8.31. The van der Waals surface area contributed by atoms with Crippen LogP contribution in [0.1, 0.15) is 10.4 Å². The van der Waals surface area contributed by atoms with Gasteiger partial charge in [0.05, 0.1) is 12.2 Å². The Bertz CT molecular complexity index is 814. The number of aromatic nitrogens is 2. The lowest BCUT2D eigenvalue weighted by molar-refractivity contribution is -0.148. The molecule has 2 atom stereocenters. The van der Waals surface area contributed by atoms with Crippen LogP contribution in [0.25, 0.3) is 0 Å². The Labute approximate surface area is 158 Å². The van der Waals surface area contributed by atoms with Crippen molar-refractivity contribution in [2.75, 3.05) is 29.8 Å². The van der Waals surface area contributed by atoms with Crippen LogP contribution in [0, 0.1) is 0 Å². The Balaban J connectivity index is 1.62. The summed E-state index contributed by atoms with van der Waals surface area (Å²) in [5, 5.41) is -0.110. The Morgan fingerprint density at radius 2 is 2.11 bits per heavy atom. The second-order valence-electron chi connectivity index (χ2n) is 5.33. The van der Waals surface area contributed by atoms with Crippen molar-refractivity contribution in [1.82, 2.24) is 15.4 Å². The van der Waals surface area contributed by atoms with Crippen molar-refractivity contribution in [2.24, 2.45) is 0 Å². The van der Waals surface area contributed by atoms with Crippen LogP contribution in [0.5, 0.6) is 0 Å². The van der Waals surface area contributed by atoms with E-state index >= 15 is 0 Å². The van der Waals surface area contributed by atoms with E-state index in [1.807, 2.05) is 0 Å². The van der Waals surface area contributed by atoms with Gasteiger partial charge >= 0.3 is 5.97 Å². The summed E-state index contributed by atoms with van der Waals surface area (Å²) < 4.78 is 24.3.